The van der Waals surface area contributed by atoms with Gasteiger partial charge in [0.05, 0.1) is 36.1 Å². The molecule has 1 aromatic carbocycles. The van der Waals surface area contributed by atoms with Crippen molar-refractivity contribution >= 4 is 34.7 Å². The average molecular weight is 471 g/mol. The Bertz CT molecular complexity index is 1170. The number of aromatic nitrogens is 4. The first kappa shape index (κ1) is 23.2. The highest BCUT2D eigenvalue weighted by molar-refractivity contribution is 6.27. The van der Waals surface area contributed by atoms with Gasteiger partial charge in [-0.1, -0.05) is 6.07 Å². The standard InChI is InChI=1S/C19H23N7O2.C2H2O4/c27-19(21-13-2-3-13)24-16-10-20-25-17(16)18-22-14-4-1-12(9-15(14)23-18)11-26-5-7-28-8-6-26;3-1(4)2(5)6/h1,4,9-10,13H,2-3,5-8,11H2,(H,20,25)(H,22,23)(H2,21,24,27);(H,3,4)(H,5,6). The van der Waals surface area contributed by atoms with E-state index in [1.54, 1.807) is 6.20 Å². The van der Waals surface area contributed by atoms with E-state index in [0.29, 0.717) is 23.2 Å². The van der Waals surface area contributed by atoms with E-state index in [9.17, 15) is 4.79 Å². The summed E-state index contributed by atoms with van der Waals surface area (Å²) in [4.78, 5) is 40.6. The molecule has 180 valence electrons. The summed E-state index contributed by atoms with van der Waals surface area (Å²) in [6.45, 7) is 4.39. The zero-order chi connectivity index (χ0) is 24.1. The van der Waals surface area contributed by atoms with Crippen LogP contribution in [0.5, 0.6) is 0 Å². The van der Waals surface area contributed by atoms with Crippen molar-refractivity contribution in [1.29, 1.82) is 0 Å². The van der Waals surface area contributed by atoms with E-state index in [2.05, 4.69) is 47.8 Å². The summed E-state index contributed by atoms with van der Waals surface area (Å²) in [7, 11) is 0. The average Bonchev–Trinajstić information content (AvgIpc) is 3.33. The lowest BCUT2D eigenvalue weighted by Crippen LogP contribution is -2.35. The summed E-state index contributed by atoms with van der Waals surface area (Å²) in [5.41, 5.74) is 4.34. The number of nitrogens with zero attached hydrogens (tertiary/aromatic N) is 3. The van der Waals surface area contributed by atoms with E-state index >= 15 is 0 Å². The fraction of sp³-hybridized carbons (Fsp3) is 0.381. The van der Waals surface area contributed by atoms with Gasteiger partial charge in [-0.05, 0) is 30.5 Å². The summed E-state index contributed by atoms with van der Waals surface area (Å²) in [6, 6.07) is 6.34. The van der Waals surface area contributed by atoms with Crippen molar-refractivity contribution in [3.05, 3.63) is 30.0 Å². The van der Waals surface area contributed by atoms with Crippen molar-refractivity contribution in [3.63, 3.8) is 0 Å². The molecule has 1 saturated heterocycles. The fourth-order valence-electron chi connectivity index (χ4n) is 3.42. The van der Waals surface area contributed by atoms with Gasteiger partial charge in [0.15, 0.2) is 5.82 Å². The van der Waals surface area contributed by atoms with Gasteiger partial charge in [-0.15, -0.1) is 0 Å². The molecule has 13 heteroatoms. The number of fused-ring (bicyclic) bond motifs is 1. The van der Waals surface area contributed by atoms with E-state index < -0.39 is 11.9 Å². The van der Waals surface area contributed by atoms with Crippen molar-refractivity contribution in [2.45, 2.75) is 25.4 Å². The molecule has 2 aromatic heterocycles. The number of imidazole rings is 1. The number of ether oxygens (including phenoxy) is 1. The summed E-state index contributed by atoms with van der Waals surface area (Å²) in [5, 5.41) is 27.5. The molecule has 6 N–H and O–H groups in total. The Morgan fingerprint density at radius 3 is 2.56 bits per heavy atom. The van der Waals surface area contributed by atoms with Crippen LogP contribution in [0, 0.1) is 0 Å². The number of morpholine rings is 1. The van der Waals surface area contributed by atoms with Crippen LogP contribution in [0.3, 0.4) is 0 Å². The number of aromatic amines is 2. The number of rotatable bonds is 5. The Morgan fingerprint density at radius 1 is 1.15 bits per heavy atom. The van der Waals surface area contributed by atoms with Crippen molar-refractivity contribution in [3.8, 4) is 11.5 Å². The summed E-state index contributed by atoms with van der Waals surface area (Å²) in [5.74, 6) is -3.00. The Morgan fingerprint density at radius 2 is 1.88 bits per heavy atom. The number of anilines is 1. The molecule has 0 spiro atoms. The second kappa shape index (κ2) is 10.3. The minimum absolute atomic E-state index is 0.214. The fourth-order valence-corrected chi connectivity index (χ4v) is 3.42. The molecule has 13 nitrogen and oxygen atoms in total. The number of carbonyl (C=O) groups is 3. The van der Waals surface area contributed by atoms with Gasteiger partial charge < -0.3 is 30.6 Å². The second-order valence-electron chi connectivity index (χ2n) is 7.97. The van der Waals surface area contributed by atoms with Gasteiger partial charge in [0.1, 0.15) is 5.69 Å². The number of H-pyrrole nitrogens is 2. The van der Waals surface area contributed by atoms with Crippen LogP contribution in [0.2, 0.25) is 0 Å². The first-order valence-electron chi connectivity index (χ1n) is 10.8. The van der Waals surface area contributed by atoms with Crippen LogP contribution in [0.15, 0.2) is 24.4 Å². The first-order valence-corrected chi connectivity index (χ1v) is 10.8. The molecule has 3 aromatic rings. The summed E-state index contributed by atoms with van der Waals surface area (Å²) in [6.07, 6.45) is 3.68. The first-order chi connectivity index (χ1) is 16.4. The molecule has 3 heterocycles. The minimum atomic E-state index is -1.82. The molecular weight excluding hydrogens is 446 g/mol. The maximum atomic E-state index is 12.0. The van der Waals surface area contributed by atoms with Gasteiger partial charge in [0.25, 0.3) is 0 Å². The van der Waals surface area contributed by atoms with Crippen LogP contribution < -0.4 is 10.6 Å². The van der Waals surface area contributed by atoms with Crippen molar-refractivity contribution in [1.82, 2.24) is 30.4 Å². The van der Waals surface area contributed by atoms with Gasteiger partial charge in [0, 0.05) is 25.7 Å². The lowest BCUT2D eigenvalue weighted by Gasteiger charge is -2.26. The number of hydrogen-bond donors (Lipinski definition) is 6. The minimum Gasteiger partial charge on any atom is -0.473 e. The normalized spacial score (nSPS) is 15.9. The number of benzene rings is 1. The number of carbonyl (C=O) groups excluding carboxylic acids is 1. The monoisotopic (exact) mass is 471 g/mol. The Hall–Kier alpha value is -3.97. The lowest BCUT2D eigenvalue weighted by molar-refractivity contribution is -0.159. The molecule has 0 bridgehead atoms. The maximum Gasteiger partial charge on any atom is 0.414 e. The van der Waals surface area contributed by atoms with Crippen molar-refractivity contribution < 1.29 is 29.3 Å². The molecule has 1 aliphatic carbocycles. The third-order valence-corrected chi connectivity index (χ3v) is 5.28. The molecule has 34 heavy (non-hydrogen) atoms. The van der Waals surface area contributed by atoms with E-state index in [1.165, 1.54) is 5.56 Å². The number of carboxylic acids is 2. The SMILES string of the molecule is O=C(Nc1cn[nH]c1-c1nc2ccc(CN3CCOCC3)cc2[nH]1)NC1CC1.O=C(O)C(=O)O. The molecule has 1 aliphatic heterocycles. The molecule has 0 unspecified atom stereocenters. The lowest BCUT2D eigenvalue weighted by atomic mass is 10.2. The Kier molecular flexibility index (Phi) is 7.04. The van der Waals surface area contributed by atoms with Crippen LogP contribution in [-0.4, -0.2) is 85.6 Å². The van der Waals surface area contributed by atoms with Crippen LogP contribution in [0.1, 0.15) is 18.4 Å². The predicted molar refractivity (Wildman–Crippen MR) is 120 cm³/mol. The molecule has 1 saturated carbocycles. The van der Waals surface area contributed by atoms with Gasteiger partial charge in [-0.3, -0.25) is 10.00 Å². The second-order valence-corrected chi connectivity index (χ2v) is 7.97. The number of nitrogens with one attached hydrogen (secondary N) is 4. The van der Waals surface area contributed by atoms with Crippen LogP contribution in [0.4, 0.5) is 10.5 Å². The number of amides is 2. The zero-order valence-electron chi connectivity index (χ0n) is 18.2. The molecule has 2 amide bonds. The molecule has 5 rings (SSSR count). The molecule has 2 aliphatic rings. The Labute approximate surface area is 193 Å². The quantitative estimate of drug-likeness (QED) is 0.298. The highest BCUT2D eigenvalue weighted by atomic mass is 16.5. The topological polar surface area (TPSA) is 186 Å². The third kappa shape index (κ3) is 6.08. The number of aliphatic carboxylic acids is 2. The van der Waals surface area contributed by atoms with Crippen molar-refractivity contribution in [2.75, 3.05) is 31.6 Å². The largest absolute Gasteiger partial charge is 0.473 e. The van der Waals surface area contributed by atoms with Crippen LogP contribution in [0.25, 0.3) is 22.6 Å². The van der Waals surface area contributed by atoms with Gasteiger partial charge in [-0.2, -0.15) is 5.10 Å². The molecule has 2 fully saturated rings. The Balaban J connectivity index is 0.000000408. The van der Waals surface area contributed by atoms with Crippen LogP contribution in [-0.2, 0) is 20.9 Å². The van der Waals surface area contributed by atoms with E-state index in [0.717, 1.165) is 56.7 Å². The third-order valence-electron chi connectivity index (χ3n) is 5.28. The number of hydrogen-bond acceptors (Lipinski definition) is 7. The van der Waals surface area contributed by atoms with E-state index in [4.69, 9.17) is 24.5 Å². The molecular formula is C21H25N7O6. The number of carboxylic acid groups (broad SMARTS) is 2. The molecule has 0 radical (unpaired) electrons. The zero-order valence-corrected chi connectivity index (χ0v) is 18.2. The van der Waals surface area contributed by atoms with Gasteiger partial charge in [0.2, 0.25) is 0 Å². The molecule has 0 atom stereocenters. The smallest absolute Gasteiger partial charge is 0.414 e. The number of urea groups is 1. The maximum absolute atomic E-state index is 12.0. The van der Waals surface area contributed by atoms with Crippen LogP contribution >= 0.6 is 0 Å². The summed E-state index contributed by atoms with van der Waals surface area (Å²) >= 11 is 0. The van der Waals surface area contributed by atoms with E-state index in [1.807, 2.05) is 6.07 Å². The highest BCUT2D eigenvalue weighted by Gasteiger charge is 2.24. The van der Waals surface area contributed by atoms with Gasteiger partial charge in [-0.25, -0.2) is 19.4 Å². The van der Waals surface area contributed by atoms with E-state index in [-0.39, 0.29) is 6.03 Å². The van der Waals surface area contributed by atoms with Crippen molar-refractivity contribution in [2.24, 2.45) is 0 Å². The highest BCUT2D eigenvalue weighted by Crippen LogP contribution is 2.26. The van der Waals surface area contributed by atoms with Gasteiger partial charge >= 0.3 is 18.0 Å². The predicted octanol–water partition coefficient (Wildman–Crippen LogP) is 1.22. The summed E-state index contributed by atoms with van der Waals surface area (Å²) < 4.78 is 5.41.